The van der Waals surface area contributed by atoms with Crippen molar-refractivity contribution in [1.29, 1.82) is 0 Å². The Balaban J connectivity index is 2.81. The van der Waals surface area contributed by atoms with Gasteiger partial charge in [-0.3, -0.25) is 9.69 Å². The van der Waals surface area contributed by atoms with Gasteiger partial charge in [0.15, 0.2) is 0 Å². The van der Waals surface area contributed by atoms with Crippen molar-refractivity contribution >= 4 is 18.0 Å². The molecule has 8 heteroatoms. The lowest BCUT2D eigenvalue weighted by atomic mass is 9.94. The number of rotatable bonds is 11. The van der Waals surface area contributed by atoms with Gasteiger partial charge in [0.05, 0.1) is 6.61 Å². The number of carbonyl (C=O) groups excluding carboxylic acids is 3. The fourth-order valence-corrected chi connectivity index (χ4v) is 4.07. The summed E-state index contributed by atoms with van der Waals surface area (Å²) in [7, 11) is 0. The lowest BCUT2D eigenvalue weighted by molar-refractivity contribution is -0.160. The summed E-state index contributed by atoms with van der Waals surface area (Å²) in [5.41, 5.74) is -1.29. The quantitative estimate of drug-likeness (QED) is 0.263. The summed E-state index contributed by atoms with van der Waals surface area (Å²) in [6.45, 7) is 16.0. The van der Waals surface area contributed by atoms with Crippen molar-refractivity contribution in [1.82, 2.24) is 10.2 Å². The molecule has 1 N–H and O–H groups in total. The van der Waals surface area contributed by atoms with Crippen LogP contribution in [0.25, 0.3) is 0 Å². The Morgan fingerprint density at radius 2 is 1.62 bits per heavy atom. The summed E-state index contributed by atoms with van der Waals surface area (Å²) in [5, 5.41) is 2.70. The van der Waals surface area contributed by atoms with Gasteiger partial charge in [0.2, 0.25) is 5.91 Å². The fraction of sp³-hybridized carbons (Fsp3) is 0.808. The van der Waals surface area contributed by atoms with Crippen LogP contribution < -0.4 is 5.32 Å². The maximum absolute atomic E-state index is 13.2. The van der Waals surface area contributed by atoms with Crippen LogP contribution in [0, 0.1) is 5.92 Å². The third kappa shape index (κ3) is 11.4. The van der Waals surface area contributed by atoms with E-state index in [-0.39, 0.29) is 23.8 Å². The van der Waals surface area contributed by atoms with Crippen molar-refractivity contribution in [3.05, 3.63) is 12.2 Å². The normalized spacial score (nSPS) is 21.1. The van der Waals surface area contributed by atoms with Crippen molar-refractivity contribution in [2.45, 2.75) is 111 Å². The maximum atomic E-state index is 13.2. The Hall–Kier alpha value is -2.09. The Labute approximate surface area is 205 Å². The summed E-state index contributed by atoms with van der Waals surface area (Å²) in [5.74, 6) is -0.387. The number of esters is 1. The van der Waals surface area contributed by atoms with E-state index in [1.165, 1.54) is 6.92 Å². The molecule has 3 atom stereocenters. The van der Waals surface area contributed by atoms with E-state index >= 15 is 0 Å². The summed E-state index contributed by atoms with van der Waals surface area (Å²) < 4.78 is 16.9. The van der Waals surface area contributed by atoms with Crippen LogP contribution >= 0.6 is 0 Å². The molecule has 0 aliphatic carbocycles. The summed E-state index contributed by atoms with van der Waals surface area (Å²) in [6, 6.07) is -0.804. The van der Waals surface area contributed by atoms with Crippen LogP contribution in [0.3, 0.4) is 0 Å². The predicted molar refractivity (Wildman–Crippen MR) is 132 cm³/mol. The van der Waals surface area contributed by atoms with E-state index in [1.54, 1.807) is 4.90 Å². The zero-order valence-corrected chi connectivity index (χ0v) is 22.4. The minimum absolute atomic E-state index is 0.0592. The smallest absolute Gasteiger partial charge is 0.411 e. The number of hydrogen-bond donors (Lipinski definition) is 1. The first-order chi connectivity index (χ1) is 15.7. The number of likely N-dealkylation sites (tertiary alicyclic amines) is 1. The second-order valence-corrected chi connectivity index (χ2v) is 10.9. The molecule has 196 valence electrons. The van der Waals surface area contributed by atoms with E-state index < -0.39 is 23.3 Å². The average molecular weight is 483 g/mol. The third-order valence-electron chi connectivity index (χ3n) is 5.31. The van der Waals surface area contributed by atoms with Gasteiger partial charge in [-0.2, -0.15) is 0 Å². The number of nitrogens with zero attached hydrogens (tertiary/aromatic N) is 1. The molecule has 1 saturated heterocycles. The third-order valence-corrected chi connectivity index (χ3v) is 5.31. The zero-order chi connectivity index (χ0) is 25.9. The molecule has 1 fully saturated rings. The molecule has 1 aliphatic heterocycles. The maximum Gasteiger partial charge on any atom is 0.411 e. The van der Waals surface area contributed by atoms with Gasteiger partial charge in [-0.15, -0.1) is 0 Å². The highest BCUT2D eigenvalue weighted by Crippen LogP contribution is 2.36. The molecule has 0 aromatic carbocycles. The van der Waals surface area contributed by atoms with Crippen LogP contribution in [0.4, 0.5) is 4.79 Å². The van der Waals surface area contributed by atoms with Crippen molar-refractivity contribution in [2.24, 2.45) is 5.92 Å². The van der Waals surface area contributed by atoms with Crippen molar-refractivity contribution in [2.75, 3.05) is 19.8 Å². The minimum atomic E-state index is -0.669. The van der Waals surface area contributed by atoms with E-state index in [0.717, 1.165) is 25.7 Å². The molecule has 0 radical (unpaired) electrons. The van der Waals surface area contributed by atoms with E-state index in [1.807, 2.05) is 54.5 Å². The van der Waals surface area contributed by atoms with Gasteiger partial charge in [-0.1, -0.05) is 25.0 Å². The second kappa shape index (κ2) is 13.7. The lowest BCUT2D eigenvalue weighted by Gasteiger charge is -2.33. The second-order valence-electron chi connectivity index (χ2n) is 10.9. The Morgan fingerprint density at radius 1 is 0.971 bits per heavy atom. The van der Waals surface area contributed by atoms with Crippen LogP contribution in [0.2, 0.25) is 0 Å². The highest BCUT2D eigenvalue weighted by molar-refractivity contribution is 5.83. The summed E-state index contributed by atoms with van der Waals surface area (Å²) >= 11 is 0. The summed E-state index contributed by atoms with van der Waals surface area (Å²) in [6.07, 6.45) is 7.61. The predicted octanol–water partition coefficient (Wildman–Crippen LogP) is 4.61. The molecule has 0 aromatic rings. The Kier molecular flexibility index (Phi) is 12.1. The van der Waals surface area contributed by atoms with Crippen molar-refractivity contribution in [3.8, 4) is 0 Å². The topological polar surface area (TPSA) is 94.2 Å². The first kappa shape index (κ1) is 29.9. The molecule has 8 nitrogen and oxygen atoms in total. The standard InChI is InChI=1S/C26H46N2O6/c1-9-13-20-18-22(23(30)33-25(3,4)5)28(24(31)34-26(6,7)8)21(20)14-11-10-12-16-32-17-15-27-19(2)29/h9,13,20-22H,10-12,14-18H2,1-8H3,(H,27,29)/b13-9-/t20-,21-,22-/m1/s1. The number of carbonyl (C=O) groups is 3. The minimum Gasteiger partial charge on any atom is -0.458 e. The molecule has 34 heavy (non-hydrogen) atoms. The first-order valence-electron chi connectivity index (χ1n) is 12.4. The average Bonchev–Trinajstić information content (AvgIpc) is 3.03. The van der Waals surface area contributed by atoms with Crippen molar-refractivity contribution < 1.29 is 28.6 Å². The number of allylic oxidation sites excluding steroid dienone is 1. The van der Waals surface area contributed by atoms with E-state index in [4.69, 9.17) is 14.2 Å². The molecule has 1 aliphatic rings. The molecule has 2 amide bonds. The van der Waals surface area contributed by atoms with Crippen LogP contribution in [0.15, 0.2) is 12.2 Å². The van der Waals surface area contributed by atoms with Gasteiger partial charge in [0.25, 0.3) is 0 Å². The number of unbranched alkanes of at least 4 members (excludes halogenated alkanes) is 2. The molecule has 0 spiro atoms. The van der Waals surface area contributed by atoms with E-state index in [9.17, 15) is 14.4 Å². The van der Waals surface area contributed by atoms with E-state index in [0.29, 0.717) is 26.2 Å². The number of amides is 2. The molecule has 1 heterocycles. The van der Waals surface area contributed by atoms with Gasteiger partial charge in [-0.25, -0.2) is 9.59 Å². The zero-order valence-electron chi connectivity index (χ0n) is 22.4. The Bertz CT molecular complexity index is 692. The van der Waals surface area contributed by atoms with E-state index in [2.05, 4.69) is 11.4 Å². The van der Waals surface area contributed by atoms with Gasteiger partial charge in [0, 0.05) is 26.1 Å². The molecule has 0 unspecified atom stereocenters. The monoisotopic (exact) mass is 482 g/mol. The number of nitrogens with one attached hydrogen (secondary N) is 1. The molecular weight excluding hydrogens is 436 g/mol. The number of ether oxygens (including phenoxy) is 3. The number of hydrogen-bond acceptors (Lipinski definition) is 6. The molecule has 1 rings (SSSR count). The first-order valence-corrected chi connectivity index (χ1v) is 12.4. The largest absolute Gasteiger partial charge is 0.458 e. The Morgan fingerprint density at radius 3 is 2.18 bits per heavy atom. The lowest BCUT2D eigenvalue weighted by Crippen LogP contribution is -2.49. The summed E-state index contributed by atoms with van der Waals surface area (Å²) in [4.78, 5) is 38.7. The van der Waals surface area contributed by atoms with Crippen LogP contribution in [0.1, 0.15) is 87.5 Å². The van der Waals surface area contributed by atoms with Crippen molar-refractivity contribution in [3.63, 3.8) is 0 Å². The highest BCUT2D eigenvalue weighted by Gasteiger charge is 2.48. The van der Waals surface area contributed by atoms with Gasteiger partial charge in [0.1, 0.15) is 17.2 Å². The van der Waals surface area contributed by atoms with Gasteiger partial charge in [-0.05, 0) is 73.6 Å². The SMILES string of the molecule is C/C=C\[C@@H]1C[C@H](C(=O)OC(C)(C)C)N(C(=O)OC(C)(C)C)[C@@H]1CCCCCOCCNC(C)=O. The fourth-order valence-electron chi connectivity index (χ4n) is 4.07. The molecule has 0 bridgehead atoms. The van der Waals surface area contributed by atoms with Crippen LogP contribution in [-0.2, 0) is 23.8 Å². The van der Waals surface area contributed by atoms with Gasteiger partial charge < -0.3 is 19.5 Å². The van der Waals surface area contributed by atoms with Crippen LogP contribution in [0.5, 0.6) is 0 Å². The van der Waals surface area contributed by atoms with Crippen LogP contribution in [-0.4, -0.2) is 65.9 Å². The molecule has 0 aromatic heterocycles. The van der Waals surface area contributed by atoms with Gasteiger partial charge >= 0.3 is 12.1 Å². The molecular formula is C26H46N2O6. The highest BCUT2D eigenvalue weighted by atomic mass is 16.6. The molecule has 0 saturated carbocycles.